The van der Waals surface area contributed by atoms with Crippen molar-refractivity contribution in [1.82, 2.24) is 0 Å². The molecule has 1 aliphatic carbocycles. The van der Waals surface area contributed by atoms with Gasteiger partial charge in [0.2, 0.25) is 0 Å². The lowest BCUT2D eigenvalue weighted by Crippen LogP contribution is -2.39. The minimum Gasteiger partial charge on any atom is -0.371 e. The monoisotopic (exact) mass is 209 g/mol. The fraction of sp³-hybridized carbons (Fsp3) is 1.00. The van der Waals surface area contributed by atoms with Gasteiger partial charge in [-0.3, -0.25) is 0 Å². The second-order valence-electron chi connectivity index (χ2n) is 4.90. The van der Waals surface area contributed by atoms with Crippen molar-refractivity contribution < 1.29 is 4.74 Å². The molecule has 4 nitrogen and oxygen atoms in total. The molecule has 4 heteroatoms. The first-order valence-electron chi connectivity index (χ1n) is 5.95. The van der Waals surface area contributed by atoms with Crippen LogP contribution in [0, 0.1) is 5.92 Å². The van der Waals surface area contributed by atoms with Crippen LogP contribution in [0.3, 0.4) is 0 Å². The Hall–Kier alpha value is -0.730. The fourth-order valence-electron chi connectivity index (χ4n) is 3.04. The summed E-state index contributed by atoms with van der Waals surface area (Å²) in [6.07, 6.45) is 7.49. The molecule has 2 fully saturated rings. The number of azide groups is 1. The molecule has 0 N–H and O–H groups in total. The zero-order chi connectivity index (χ0) is 10.7. The Morgan fingerprint density at radius 2 is 2.27 bits per heavy atom. The second kappa shape index (κ2) is 4.42. The Kier molecular flexibility index (Phi) is 3.17. The van der Waals surface area contributed by atoms with Gasteiger partial charge in [0.25, 0.3) is 0 Å². The molecular weight excluding hydrogens is 190 g/mol. The third kappa shape index (κ3) is 2.11. The van der Waals surface area contributed by atoms with E-state index in [1.807, 2.05) is 0 Å². The van der Waals surface area contributed by atoms with Crippen molar-refractivity contribution in [3.8, 4) is 0 Å². The van der Waals surface area contributed by atoms with E-state index in [4.69, 9.17) is 10.3 Å². The van der Waals surface area contributed by atoms with E-state index in [0.29, 0.717) is 12.5 Å². The predicted molar refractivity (Wildman–Crippen MR) is 58.5 cm³/mol. The summed E-state index contributed by atoms with van der Waals surface area (Å²) in [5.41, 5.74) is 8.40. The van der Waals surface area contributed by atoms with Gasteiger partial charge in [0, 0.05) is 4.91 Å². The summed E-state index contributed by atoms with van der Waals surface area (Å²) in [7, 11) is 0. The molecule has 0 amide bonds. The Balaban J connectivity index is 1.97. The van der Waals surface area contributed by atoms with E-state index in [0.717, 1.165) is 12.8 Å². The molecule has 3 atom stereocenters. The van der Waals surface area contributed by atoms with Crippen LogP contribution >= 0.6 is 0 Å². The van der Waals surface area contributed by atoms with Crippen molar-refractivity contribution in [2.24, 2.45) is 11.0 Å². The van der Waals surface area contributed by atoms with Gasteiger partial charge < -0.3 is 4.74 Å². The molecule has 84 valence electrons. The summed E-state index contributed by atoms with van der Waals surface area (Å²) in [6.45, 7) is 2.81. The SMILES string of the molecule is CC1CCCCC12CCC(CN=[N+]=[N-])O2. The first-order valence-corrected chi connectivity index (χ1v) is 5.95. The van der Waals surface area contributed by atoms with Crippen LogP contribution in [-0.2, 0) is 4.74 Å². The highest BCUT2D eigenvalue weighted by atomic mass is 16.5. The summed E-state index contributed by atoms with van der Waals surface area (Å²) in [6, 6.07) is 0. The molecule has 0 radical (unpaired) electrons. The maximum Gasteiger partial charge on any atom is 0.0712 e. The molecule has 0 aromatic carbocycles. The molecule has 1 saturated carbocycles. The van der Waals surface area contributed by atoms with E-state index in [2.05, 4.69) is 16.9 Å². The standard InChI is InChI=1S/C11H19N3O/c1-9-4-2-3-6-11(9)7-5-10(15-11)8-13-14-12/h9-10H,2-8H2,1H3. The first-order chi connectivity index (χ1) is 7.27. The van der Waals surface area contributed by atoms with Crippen molar-refractivity contribution in [2.75, 3.05) is 6.54 Å². The number of rotatable bonds is 2. The van der Waals surface area contributed by atoms with Crippen LogP contribution < -0.4 is 0 Å². The van der Waals surface area contributed by atoms with E-state index < -0.39 is 0 Å². The van der Waals surface area contributed by atoms with E-state index in [1.165, 1.54) is 25.7 Å². The number of hydrogen-bond donors (Lipinski definition) is 0. The van der Waals surface area contributed by atoms with Crippen LogP contribution in [0.25, 0.3) is 10.4 Å². The van der Waals surface area contributed by atoms with Gasteiger partial charge in [0.15, 0.2) is 0 Å². The van der Waals surface area contributed by atoms with Gasteiger partial charge in [-0.1, -0.05) is 24.9 Å². The number of ether oxygens (including phenoxy) is 1. The number of nitrogens with zero attached hydrogens (tertiary/aromatic N) is 3. The Morgan fingerprint density at radius 3 is 3.00 bits per heavy atom. The van der Waals surface area contributed by atoms with E-state index in [1.54, 1.807) is 0 Å². The van der Waals surface area contributed by atoms with Crippen LogP contribution in [-0.4, -0.2) is 18.2 Å². The molecule has 0 bridgehead atoms. The lowest BCUT2D eigenvalue weighted by Gasteiger charge is -2.39. The Labute approximate surface area is 90.6 Å². The number of hydrogen-bond acceptors (Lipinski definition) is 2. The minimum atomic E-state index is 0.119. The van der Waals surface area contributed by atoms with Gasteiger partial charge in [-0.25, -0.2) is 0 Å². The van der Waals surface area contributed by atoms with E-state index in [-0.39, 0.29) is 11.7 Å². The molecule has 2 rings (SSSR count). The van der Waals surface area contributed by atoms with Crippen LogP contribution in [0.15, 0.2) is 5.11 Å². The highest BCUT2D eigenvalue weighted by Gasteiger charge is 2.44. The van der Waals surface area contributed by atoms with Crippen molar-refractivity contribution >= 4 is 0 Å². The van der Waals surface area contributed by atoms with Gasteiger partial charge in [0.1, 0.15) is 0 Å². The normalized spacial score (nSPS) is 40.3. The summed E-state index contributed by atoms with van der Waals surface area (Å²) in [5, 5.41) is 3.61. The maximum atomic E-state index is 8.28. The highest BCUT2D eigenvalue weighted by molar-refractivity contribution is 4.95. The summed E-state index contributed by atoms with van der Waals surface area (Å²) in [5.74, 6) is 0.669. The van der Waals surface area contributed by atoms with Crippen molar-refractivity contribution in [3.63, 3.8) is 0 Å². The van der Waals surface area contributed by atoms with Crippen molar-refractivity contribution in [1.29, 1.82) is 0 Å². The van der Waals surface area contributed by atoms with Crippen LogP contribution in [0.5, 0.6) is 0 Å². The van der Waals surface area contributed by atoms with Crippen LogP contribution in [0.2, 0.25) is 0 Å². The van der Waals surface area contributed by atoms with Gasteiger partial charge in [-0.05, 0) is 37.1 Å². The summed E-state index contributed by atoms with van der Waals surface area (Å²) < 4.78 is 6.14. The third-order valence-corrected chi connectivity index (χ3v) is 4.02. The lowest BCUT2D eigenvalue weighted by molar-refractivity contribution is -0.0922. The van der Waals surface area contributed by atoms with E-state index in [9.17, 15) is 0 Å². The lowest BCUT2D eigenvalue weighted by atomic mass is 9.75. The smallest absolute Gasteiger partial charge is 0.0712 e. The van der Waals surface area contributed by atoms with Gasteiger partial charge in [-0.2, -0.15) is 0 Å². The quantitative estimate of drug-likeness (QED) is 0.390. The van der Waals surface area contributed by atoms with Crippen LogP contribution in [0.4, 0.5) is 0 Å². The molecule has 1 spiro atoms. The van der Waals surface area contributed by atoms with Crippen LogP contribution in [0.1, 0.15) is 45.4 Å². The zero-order valence-corrected chi connectivity index (χ0v) is 9.35. The second-order valence-corrected chi connectivity index (χ2v) is 4.90. The fourth-order valence-corrected chi connectivity index (χ4v) is 3.04. The third-order valence-electron chi connectivity index (χ3n) is 4.02. The molecule has 15 heavy (non-hydrogen) atoms. The molecule has 1 saturated heterocycles. The molecule has 3 unspecified atom stereocenters. The molecular formula is C11H19N3O. The zero-order valence-electron chi connectivity index (χ0n) is 9.35. The summed E-state index contributed by atoms with van der Waals surface area (Å²) in [4.78, 5) is 2.80. The average Bonchev–Trinajstić information content (AvgIpc) is 2.65. The maximum absolute atomic E-state index is 8.28. The average molecular weight is 209 g/mol. The largest absolute Gasteiger partial charge is 0.371 e. The van der Waals surface area contributed by atoms with Gasteiger partial charge in [0.05, 0.1) is 18.2 Å². The first kappa shape index (κ1) is 10.8. The minimum absolute atomic E-state index is 0.119. The summed E-state index contributed by atoms with van der Waals surface area (Å²) >= 11 is 0. The highest BCUT2D eigenvalue weighted by Crippen LogP contribution is 2.45. The Bertz CT molecular complexity index is 275. The molecule has 1 heterocycles. The van der Waals surface area contributed by atoms with E-state index >= 15 is 0 Å². The van der Waals surface area contributed by atoms with Crippen molar-refractivity contribution in [3.05, 3.63) is 10.4 Å². The predicted octanol–water partition coefficient (Wildman–Crippen LogP) is 3.42. The van der Waals surface area contributed by atoms with Gasteiger partial charge >= 0.3 is 0 Å². The molecule has 0 aromatic heterocycles. The molecule has 2 aliphatic rings. The Morgan fingerprint density at radius 1 is 1.40 bits per heavy atom. The van der Waals surface area contributed by atoms with Gasteiger partial charge in [-0.15, -0.1) is 0 Å². The topological polar surface area (TPSA) is 58.0 Å². The molecule has 0 aromatic rings. The molecule has 1 aliphatic heterocycles. The van der Waals surface area contributed by atoms with Crippen molar-refractivity contribution in [2.45, 2.75) is 57.2 Å².